The number of carboxylic acids is 1. The summed E-state index contributed by atoms with van der Waals surface area (Å²) in [6, 6.07) is 3.50. The van der Waals surface area contributed by atoms with E-state index >= 15 is 0 Å². The summed E-state index contributed by atoms with van der Waals surface area (Å²) in [7, 11) is 0. The van der Waals surface area contributed by atoms with Gasteiger partial charge in [0.05, 0.1) is 9.38 Å². The molecular formula is C15H11BrINO5S. The van der Waals surface area contributed by atoms with E-state index in [1.807, 2.05) is 0 Å². The monoisotopic (exact) mass is 523 g/mol. The van der Waals surface area contributed by atoms with Gasteiger partial charge in [-0.1, -0.05) is 6.08 Å². The standard InChI is InChI=1S/C15H11BrINO5S/c1-2-3-18-14(21)11(24-15(18)22)5-8-4-9(17)6-10(16)13(8)23-7-12(19)20/h2,4-6H,1,3,7H2,(H,19,20)/b11-5+. The maximum Gasteiger partial charge on any atom is 0.341 e. The number of aliphatic carboxylic acids is 1. The Morgan fingerprint density at radius 1 is 1.46 bits per heavy atom. The van der Waals surface area contributed by atoms with Crippen molar-refractivity contribution < 1.29 is 24.2 Å². The molecule has 9 heteroatoms. The lowest BCUT2D eigenvalue weighted by molar-refractivity contribution is -0.139. The Morgan fingerprint density at radius 2 is 2.17 bits per heavy atom. The second kappa shape index (κ2) is 8.17. The summed E-state index contributed by atoms with van der Waals surface area (Å²) in [6.07, 6.45) is 3.00. The molecule has 0 aliphatic carbocycles. The van der Waals surface area contributed by atoms with E-state index in [2.05, 4.69) is 45.1 Å². The van der Waals surface area contributed by atoms with Crippen LogP contribution >= 0.6 is 50.3 Å². The van der Waals surface area contributed by atoms with Crippen LogP contribution in [0.25, 0.3) is 6.08 Å². The SMILES string of the molecule is C=CCN1C(=O)S/C(=C/c2cc(I)cc(Br)c2OCC(=O)O)C1=O. The highest BCUT2D eigenvalue weighted by Gasteiger charge is 2.34. The van der Waals surface area contributed by atoms with Crippen molar-refractivity contribution in [2.75, 3.05) is 13.2 Å². The van der Waals surface area contributed by atoms with Gasteiger partial charge >= 0.3 is 5.97 Å². The molecule has 1 saturated heterocycles. The molecule has 2 rings (SSSR count). The number of imide groups is 1. The Kier molecular flexibility index (Phi) is 6.47. The van der Waals surface area contributed by atoms with Gasteiger partial charge < -0.3 is 9.84 Å². The Morgan fingerprint density at radius 3 is 2.79 bits per heavy atom. The third kappa shape index (κ3) is 4.39. The molecular weight excluding hydrogens is 513 g/mol. The van der Waals surface area contributed by atoms with Gasteiger partial charge in [0.25, 0.3) is 11.1 Å². The number of thioether (sulfide) groups is 1. The molecule has 1 aliphatic rings. The second-order valence-electron chi connectivity index (χ2n) is 4.57. The molecule has 0 radical (unpaired) electrons. The minimum atomic E-state index is -1.11. The van der Waals surface area contributed by atoms with Gasteiger partial charge in [0.15, 0.2) is 6.61 Å². The highest BCUT2D eigenvalue weighted by Crippen LogP contribution is 2.37. The summed E-state index contributed by atoms with van der Waals surface area (Å²) >= 11 is 6.24. The summed E-state index contributed by atoms with van der Waals surface area (Å²) in [5.41, 5.74) is 0.513. The molecule has 1 aromatic carbocycles. The summed E-state index contributed by atoms with van der Waals surface area (Å²) < 4.78 is 6.72. The van der Waals surface area contributed by atoms with Gasteiger partial charge in [0.1, 0.15) is 5.75 Å². The number of benzene rings is 1. The van der Waals surface area contributed by atoms with E-state index in [9.17, 15) is 14.4 Å². The van der Waals surface area contributed by atoms with Crippen LogP contribution in [0.15, 0.2) is 34.2 Å². The fourth-order valence-corrected chi connectivity index (χ4v) is 4.41. The second-order valence-corrected chi connectivity index (χ2v) is 7.66. The largest absolute Gasteiger partial charge is 0.480 e. The molecule has 0 bridgehead atoms. The van der Waals surface area contributed by atoms with Crippen LogP contribution < -0.4 is 4.74 Å². The molecule has 126 valence electrons. The molecule has 1 N–H and O–H groups in total. The summed E-state index contributed by atoms with van der Waals surface area (Å²) in [5.74, 6) is -1.23. The Balaban J connectivity index is 2.41. The number of amides is 2. The van der Waals surface area contributed by atoms with Gasteiger partial charge in [-0.15, -0.1) is 6.58 Å². The van der Waals surface area contributed by atoms with Gasteiger partial charge in [0.2, 0.25) is 0 Å². The minimum Gasteiger partial charge on any atom is -0.480 e. The normalized spacial score (nSPS) is 15.9. The first-order valence-corrected chi connectivity index (χ1v) is 9.22. The van der Waals surface area contributed by atoms with E-state index in [1.165, 1.54) is 12.2 Å². The van der Waals surface area contributed by atoms with Crippen molar-refractivity contribution in [3.05, 3.63) is 43.3 Å². The van der Waals surface area contributed by atoms with Gasteiger partial charge in [-0.05, 0) is 68.5 Å². The van der Waals surface area contributed by atoms with Crippen LogP contribution in [-0.4, -0.2) is 40.3 Å². The zero-order chi connectivity index (χ0) is 17.9. The number of hydrogen-bond donors (Lipinski definition) is 1. The first kappa shape index (κ1) is 19.0. The molecule has 0 unspecified atom stereocenters. The van der Waals surface area contributed by atoms with Gasteiger partial charge in [0, 0.05) is 15.7 Å². The lowest BCUT2D eigenvalue weighted by Crippen LogP contribution is -2.27. The molecule has 1 aliphatic heterocycles. The Labute approximate surface area is 164 Å². The van der Waals surface area contributed by atoms with E-state index < -0.39 is 18.5 Å². The Bertz CT molecular complexity index is 764. The smallest absolute Gasteiger partial charge is 0.341 e. The van der Waals surface area contributed by atoms with E-state index in [0.717, 1.165) is 20.2 Å². The zero-order valence-corrected chi connectivity index (χ0v) is 16.7. The number of rotatable bonds is 6. The maximum atomic E-state index is 12.3. The van der Waals surface area contributed by atoms with Gasteiger partial charge in [-0.3, -0.25) is 14.5 Å². The van der Waals surface area contributed by atoms with Gasteiger partial charge in [-0.25, -0.2) is 4.79 Å². The molecule has 2 amide bonds. The highest BCUT2D eigenvalue weighted by molar-refractivity contribution is 14.1. The lowest BCUT2D eigenvalue weighted by atomic mass is 10.2. The van der Waals surface area contributed by atoms with Crippen molar-refractivity contribution in [1.29, 1.82) is 0 Å². The van der Waals surface area contributed by atoms with Crippen LogP contribution in [0.1, 0.15) is 5.56 Å². The molecule has 1 fully saturated rings. The highest BCUT2D eigenvalue weighted by atomic mass is 127. The lowest BCUT2D eigenvalue weighted by Gasteiger charge is -2.11. The Hall–Kier alpha value is -1.33. The molecule has 1 aromatic rings. The number of ether oxygens (including phenoxy) is 1. The van der Waals surface area contributed by atoms with Gasteiger partial charge in [-0.2, -0.15) is 0 Å². The number of carbonyl (C=O) groups excluding carboxylic acids is 2. The molecule has 6 nitrogen and oxygen atoms in total. The summed E-state index contributed by atoms with van der Waals surface area (Å²) in [6.45, 7) is 3.15. The van der Waals surface area contributed by atoms with Crippen molar-refractivity contribution in [2.24, 2.45) is 0 Å². The average molecular weight is 524 g/mol. The summed E-state index contributed by atoms with van der Waals surface area (Å²) in [5, 5.41) is 8.42. The van der Waals surface area contributed by atoms with Crippen molar-refractivity contribution in [2.45, 2.75) is 0 Å². The van der Waals surface area contributed by atoms with Crippen LogP contribution in [0.2, 0.25) is 0 Å². The van der Waals surface area contributed by atoms with Crippen molar-refractivity contribution in [3.8, 4) is 5.75 Å². The van der Waals surface area contributed by atoms with Crippen LogP contribution in [0.5, 0.6) is 5.75 Å². The molecule has 0 atom stereocenters. The van der Waals surface area contributed by atoms with Crippen LogP contribution in [0.4, 0.5) is 4.79 Å². The van der Waals surface area contributed by atoms with Crippen molar-refractivity contribution in [3.63, 3.8) is 0 Å². The molecule has 24 heavy (non-hydrogen) atoms. The van der Waals surface area contributed by atoms with Crippen molar-refractivity contribution in [1.82, 2.24) is 4.90 Å². The fourth-order valence-electron chi connectivity index (χ4n) is 1.90. The van der Waals surface area contributed by atoms with E-state index in [1.54, 1.807) is 12.1 Å². The molecule has 0 saturated carbocycles. The molecule has 0 aromatic heterocycles. The average Bonchev–Trinajstić information content (AvgIpc) is 2.74. The predicted molar refractivity (Wildman–Crippen MR) is 103 cm³/mol. The van der Waals surface area contributed by atoms with Crippen LogP contribution in [-0.2, 0) is 9.59 Å². The van der Waals surface area contributed by atoms with Crippen LogP contribution in [0.3, 0.4) is 0 Å². The third-order valence-corrected chi connectivity index (χ3v) is 4.97. The van der Waals surface area contributed by atoms with E-state index in [0.29, 0.717) is 15.8 Å². The number of carboxylic acid groups (broad SMARTS) is 1. The number of halogens is 2. The maximum absolute atomic E-state index is 12.3. The number of nitrogens with zero attached hydrogens (tertiary/aromatic N) is 1. The van der Waals surface area contributed by atoms with Crippen LogP contribution in [0, 0.1) is 3.57 Å². The van der Waals surface area contributed by atoms with E-state index in [4.69, 9.17) is 9.84 Å². The fraction of sp³-hybridized carbons (Fsp3) is 0.133. The quantitative estimate of drug-likeness (QED) is 0.347. The van der Waals surface area contributed by atoms with Crippen molar-refractivity contribution >= 4 is 73.5 Å². The first-order chi connectivity index (χ1) is 11.3. The first-order valence-electron chi connectivity index (χ1n) is 6.53. The third-order valence-electron chi connectivity index (χ3n) is 2.85. The minimum absolute atomic E-state index is 0.139. The zero-order valence-electron chi connectivity index (χ0n) is 12.1. The molecule has 0 spiro atoms. The predicted octanol–water partition coefficient (Wildman–Crippen LogP) is 3.74. The van der Waals surface area contributed by atoms with E-state index in [-0.39, 0.29) is 16.7 Å². The summed E-state index contributed by atoms with van der Waals surface area (Å²) in [4.78, 5) is 36.2. The topological polar surface area (TPSA) is 83.9 Å². The number of hydrogen-bond acceptors (Lipinski definition) is 5. The number of carbonyl (C=O) groups is 3. The molecule has 1 heterocycles.